The Labute approximate surface area is 106 Å². The number of aromatic amines is 1. The summed E-state index contributed by atoms with van der Waals surface area (Å²) in [6, 6.07) is 0.294. The van der Waals surface area contributed by atoms with E-state index in [9.17, 15) is 4.79 Å². The Morgan fingerprint density at radius 1 is 1.61 bits per heavy atom. The van der Waals surface area contributed by atoms with Gasteiger partial charge < -0.3 is 15.0 Å². The molecule has 100 valence electrons. The number of likely N-dealkylation sites (tertiary alicyclic amines) is 1. The van der Waals surface area contributed by atoms with Gasteiger partial charge in [-0.1, -0.05) is 0 Å². The minimum atomic E-state index is -0.435. The molecule has 18 heavy (non-hydrogen) atoms. The molecule has 0 radical (unpaired) electrons. The minimum absolute atomic E-state index is 0.250. The van der Waals surface area contributed by atoms with Gasteiger partial charge in [-0.3, -0.25) is 5.10 Å². The molecule has 0 bridgehead atoms. The van der Waals surface area contributed by atoms with Gasteiger partial charge in [0, 0.05) is 19.1 Å². The second-order valence-corrected chi connectivity index (χ2v) is 5.40. The molecule has 1 aliphatic rings. The lowest BCUT2D eigenvalue weighted by Gasteiger charge is -2.40. The maximum atomic E-state index is 11.7. The molecule has 2 N–H and O–H groups in total. The number of carbonyl (C=O) groups is 1. The first kappa shape index (κ1) is 12.8. The van der Waals surface area contributed by atoms with Crippen LogP contribution in [0, 0.1) is 0 Å². The molecule has 0 saturated carbocycles. The van der Waals surface area contributed by atoms with Gasteiger partial charge in [-0.05, 0) is 20.8 Å². The molecule has 7 heteroatoms. The summed E-state index contributed by atoms with van der Waals surface area (Å²) in [4.78, 5) is 17.4. The van der Waals surface area contributed by atoms with Crippen LogP contribution in [0.1, 0.15) is 26.6 Å². The van der Waals surface area contributed by atoms with Gasteiger partial charge in [-0.25, -0.2) is 9.78 Å². The van der Waals surface area contributed by atoms with Crippen molar-refractivity contribution in [3.63, 3.8) is 0 Å². The second kappa shape index (κ2) is 4.93. The van der Waals surface area contributed by atoms with Crippen molar-refractivity contribution < 1.29 is 9.53 Å². The van der Waals surface area contributed by atoms with Crippen molar-refractivity contribution in [2.24, 2.45) is 0 Å². The summed E-state index contributed by atoms with van der Waals surface area (Å²) in [5, 5.41) is 9.83. The zero-order chi connectivity index (χ0) is 13.2. The number of carbonyl (C=O) groups excluding carboxylic acids is 1. The van der Waals surface area contributed by atoms with E-state index in [1.54, 1.807) is 4.90 Å². The molecule has 0 aliphatic carbocycles. The number of ether oxygens (including phenoxy) is 1. The number of nitrogens with one attached hydrogen (secondary N) is 2. The summed E-state index contributed by atoms with van der Waals surface area (Å²) >= 11 is 0. The normalized spacial score (nSPS) is 16.5. The van der Waals surface area contributed by atoms with Crippen LogP contribution in [0.2, 0.25) is 0 Å². The van der Waals surface area contributed by atoms with Crippen molar-refractivity contribution in [1.29, 1.82) is 0 Å². The van der Waals surface area contributed by atoms with E-state index in [2.05, 4.69) is 20.5 Å². The number of amides is 1. The molecule has 2 rings (SSSR count). The van der Waals surface area contributed by atoms with Gasteiger partial charge in [0.1, 0.15) is 17.8 Å². The highest BCUT2D eigenvalue weighted by Gasteiger charge is 2.33. The van der Waals surface area contributed by atoms with E-state index in [0.717, 1.165) is 5.82 Å². The quantitative estimate of drug-likeness (QED) is 0.820. The molecule has 1 aromatic rings. The average Bonchev–Trinajstić information content (AvgIpc) is 2.64. The van der Waals surface area contributed by atoms with Crippen molar-refractivity contribution in [2.75, 3.05) is 13.1 Å². The zero-order valence-electron chi connectivity index (χ0n) is 10.9. The maximum absolute atomic E-state index is 11.7. The van der Waals surface area contributed by atoms with Gasteiger partial charge in [0.25, 0.3) is 0 Å². The maximum Gasteiger partial charge on any atom is 0.410 e. The number of aromatic nitrogens is 3. The number of hydrogen-bond acceptors (Lipinski definition) is 5. The fourth-order valence-electron chi connectivity index (χ4n) is 1.64. The Hall–Kier alpha value is -1.63. The van der Waals surface area contributed by atoms with Crippen molar-refractivity contribution >= 4 is 6.09 Å². The fraction of sp³-hybridized carbons (Fsp3) is 0.727. The number of hydrogen-bond donors (Lipinski definition) is 2. The van der Waals surface area contributed by atoms with Gasteiger partial charge >= 0.3 is 6.09 Å². The van der Waals surface area contributed by atoms with E-state index in [0.29, 0.717) is 25.7 Å². The predicted molar refractivity (Wildman–Crippen MR) is 64.8 cm³/mol. The lowest BCUT2D eigenvalue weighted by molar-refractivity contribution is 0.00513. The monoisotopic (exact) mass is 253 g/mol. The van der Waals surface area contributed by atoms with Gasteiger partial charge in [0.05, 0.1) is 6.54 Å². The van der Waals surface area contributed by atoms with E-state index in [-0.39, 0.29) is 6.09 Å². The first-order chi connectivity index (χ1) is 8.44. The first-order valence-electron chi connectivity index (χ1n) is 5.99. The van der Waals surface area contributed by atoms with Crippen molar-refractivity contribution in [2.45, 2.75) is 39.0 Å². The fourth-order valence-corrected chi connectivity index (χ4v) is 1.64. The SMILES string of the molecule is CC(C)(C)OC(=O)N1CC(NCc2ncn[nH]2)C1. The molecule has 0 aromatic carbocycles. The standard InChI is InChI=1S/C11H19N5O2/c1-11(2,3)18-10(17)16-5-8(6-16)12-4-9-13-7-14-15-9/h7-8,12H,4-6H2,1-3H3,(H,13,14,15). The average molecular weight is 253 g/mol. The van der Waals surface area contributed by atoms with Crippen molar-refractivity contribution in [1.82, 2.24) is 25.4 Å². The minimum Gasteiger partial charge on any atom is -0.444 e. The molecule has 0 unspecified atom stereocenters. The number of nitrogens with zero attached hydrogens (tertiary/aromatic N) is 3. The Morgan fingerprint density at radius 2 is 2.33 bits per heavy atom. The lowest BCUT2D eigenvalue weighted by Crippen LogP contribution is -2.60. The molecule has 1 amide bonds. The summed E-state index contributed by atoms with van der Waals surface area (Å²) in [5.74, 6) is 0.797. The number of rotatable bonds is 3. The van der Waals surface area contributed by atoms with Gasteiger partial charge in [0.15, 0.2) is 0 Å². The lowest BCUT2D eigenvalue weighted by atomic mass is 10.1. The van der Waals surface area contributed by atoms with Crippen LogP contribution in [0.3, 0.4) is 0 Å². The largest absolute Gasteiger partial charge is 0.444 e. The number of H-pyrrole nitrogens is 1. The van der Waals surface area contributed by atoms with Crippen LogP contribution in [-0.4, -0.2) is 50.9 Å². The Bertz CT molecular complexity index is 392. The van der Waals surface area contributed by atoms with Crippen LogP contribution in [0.25, 0.3) is 0 Å². The van der Waals surface area contributed by atoms with Crippen LogP contribution in [-0.2, 0) is 11.3 Å². The molecule has 0 spiro atoms. The zero-order valence-corrected chi connectivity index (χ0v) is 10.9. The van der Waals surface area contributed by atoms with E-state index < -0.39 is 5.60 Å². The summed E-state index contributed by atoms with van der Waals surface area (Å²) < 4.78 is 5.27. The smallest absolute Gasteiger partial charge is 0.410 e. The van der Waals surface area contributed by atoms with Crippen LogP contribution in [0.5, 0.6) is 0 Å². The predicted octanol–water partition coefficient (Wildman–Crippen LogP) is 0.514. The molecule has 1 aliphatic heterocycles. The van der Waals surface area contributed by atoms with E-state index >= 15 is 0 Å². The Kier molecular flexibility index (Phi) is 3.51. The highest BCUT2D eigenvalue weighted by molar-refractivity contribution is 5.69. The molecule has 1 saturated heterocycles. The van der Waals surface area contributed by atoms with Crippen molar-refractivity contribution in [3.05, 3.63) is 12.2 Å². The van der Waals surface area contributed by atoms with Gasteiger partial charge in [-0.2, -0.15) is 5.10 Å². The summed E-state index contributed by atoms with van der Waals surface area (Å²) in [6.07, 6.45) is 1.23. The third-order valence-corrected chi connectivity index (χ3v) is 2.56. The second-order valence-electron chi connectivity index (χ2n) is 5.40. The van der Waals surface area contributed by atoms with Crippen LogP contribution in [0.4, 0.5) is 4.79 Å². The van der Waals surface area contributed by atoms with Gasteiger partial charge in [0.2, 0.25) is 0 Å². The van der Waals surface area contributed by atoms with E-state index in [1.165, 1.54) is 6.33 Å². The topological polar surface area (TPSA) is 83.1 Å². The summed E-state index contributed by atoms with van der Waals surface area (Å²) in [5.41, 5.74) is -0.435. The third kappa shape index (κ3) is 3.43. The third-order valence-electron chi connectivity index (χ3n) is 2.56. The van der Waals surface area contributed by atoms with Crippen molar-refractivity contribution in [3.8, 4) is 0 Å². The molecule has 0 atom stereocenters. The molecular formula is C11H19N5O2. The van der Waals surface area contributed by atoms with E-state index in [4.69, 9.17) is 4.74 Å². The molecular weight excluding hydrogens is 234 g/mol. The molecule has 2 heterocycles. The van der Waals surface area contributed by atoms with Gasteiger partial charge in [-0.15, -0.1) is 0 Å². The molecule has 1 aromatic heterocycles. The highest BCUT2D eigenvalue weighted by atomic mass is 16.6. The van der Waals surface area contributed by atoms with Crippen LogP contribution < -0.4 is 5.32 Å². The van der Waals surface area contributed by atoms with E-state index in [1.807, 2.05) is 20.8 Å². The summed E-state index contributed by atoms with van der Waals surface area (Å²) in [6.45, 7) is 7.57. The highest BCUT2D eigenvalue weighted by Crippen LogP contribution is 2.15. The van der Waals surface area contributed by atoms with Crippen LogP contribution in [0.15, 0.2) is 6.33 Å². The Balaban J connectivity index is 1.66. The first-order valence-corrected chi connectivity index (χ1v) is 5.99. The molecule has 7 nitrogen and oxygen atoms in total. The summed E-state index contributed by atoms with van der Waals surface area (Å²) in [7, 11) is 0. The van der Waals surface area contributed by atoms with Crippen LogP contribution >= 0.6 is 0 Å². The molecule has 1 fully saturated rings. The Morgan fingerprint density at radius 3 is 2.89 bits per heavy atom.